The molecule has 78 valence electrons. The molecular weight excluding hydrogens is 160 g/mol. The van der Waals surface area contributed by atoms with Gasteiger partial charge in [0.1, 0.15) is 5.78 Å². The van der Waals surface area contributed by atoms with Crippen molar-refractivity contribution in [3.8, 4) is 0 Å². The summed E-state index contributed by atoms with van der Waals surface area (Å²) in [6.45, 7) is 8.74. The molecule has 13 heavy (non-hydrogen) atoms. The van der Waals surface area contributed by atoms with Crippen LogP contribution in [0.2, 0.25) is 0 Å². The molecule has 0 aliphatic rings. The predicted molar refractivity (Wildman–Crippen MR) is 57.8 cm³/mol. The molecule has 0 aromatic rings. The van der Waals surface area contributed by atoms with Crippen molar-refractivity contribution < 1.29 is 4.79 Å². The number of carbonyl (C=O) groups excluding carboxylic acids is 1. The molecule has 1 nitrogen and oxygen atoms in total. The van der Waals surface area contributed by atoms with Gasteiger partial charge in [0.15, 0.2) is 0 Å². The molecule has 0 aliphatic carbocycles. The Kier molecular flexibility index (Phi) is 6.93. The summed E-state index contributed by atoms with van der Waals surface area (Å²) < 4.78 is 0. The lowest BCUT2D eigenvalue weighted by molar-refractivity contribution is -0.119. The van der Waals surface area contributed by atoms with E-state index in [4.69, 9.17) is 0 Å². The van der Waals surface area contributed by atoms with Gasteiger partial charge in [-0.3, -0.25) is 4.79 Å². The van der Waals surface area contributed by atoms with Crippen LogP contribution in [0.5, 0.6) is 0 Å². The zero-order valence-corrected chi connectivity index (χ0v) is 9.60. The van der Waals surface area contributed by atoms with Gasteiger partial charge in [-0.05, 0) is 24.7 Å². The third-order valence-electron chi connectivity index (χ3n) is 2.61. The molecule has 0 rings (SSSR count). The van der Waals surface area contributed by atoms with Gasteiger partial charge in [0, 0.05) is 12.8 Å². The van der Waals surface area contributed by atoms with Gasteiger partial charge in [0.2, 0.25) is 0 Å². The fraction of sp³-hybridized carbons (Fsp3) is 0.917. The molecule has 0 radical (unpaired) electrons. The highest BCUT2D eigenvalue weighted by atomic mass is 16.1. The molecule has 0 aromatic carbocycles. The van der Waals surface area contributed by atoms with E-state index in [1.165, 1.54) is 6.42 Å². The SMILES string of the molecule is CCC(C)CCC(=O)CCC(C)C. The van der Waals surface area contributed by atoms with E-state index < -0.39 is 0 Å². The molecule has 0 bridgehead atoms. The Hall–Kier alpha value is -0.330. The summed E-state index contributed by atoms with van der Waals surface area (Å²) in [6.07, 6.45) is 4.90. The van der Waals surface area contributed by atoms with Crippen LogP contribution in [-0.2, 0) is 4.79 Å². The summed E-state index contributed by atoms with van der Waals surface area (Å²) in [6, 6.07) is 0. The summed E-state index contributed by atoms with van der Waals surface area (Å²) in [4.78, 5) is 11.4. The molecule has 0 amide bonds. The van der Waals surface area contributed by atoms with Gasteiger partial charge in [-0.1, -0.05) is 34.1 Å². The Balaban J connectivity index is 3.40. The average molecular weight is 184 g/mol. The highest BCUT2D eigenvalue weighted by molar-refractivity contribution is 5.78. The van der Waals surface area contributed by atoms with E-state index in [-0.39, 0.29) is 0 Å². The number of rotatable bonds is 7. The summed E-state index contributed by atoms with van der Waals surface area (Å²) in [5.41, 5.74) is 0. The van der Waals surface area contributed by atoms with Gasteiger partial charge in [0.05, 0.1) is 0 Å². The van der Waals surface area contributed by atoms with Crippen molar-refractivity contribution >= 4 is 5.78 Å². The van der Waals surface area contributed by atoms with Crippen LogP contribution < -0.4 is 0 Å². The zero-order valence-electron chi connectivity index (χ0n) is 9.60. The number of ketones is 1. The first-order chi connectivity index (χ1) is 6.06. The minimum Gasteiger partial charge on any atom is -0.300 e. The Morgan fingerprint density at radius 1 is 1.08 bits per heavy atom. The van der Waals surface area contributed by atoms with Crippen LogP contribution in [0.3, 0.4) is 0 Å². The number of hydrogen-bond acceptors (Lipinski definition) is 1. The monoisotopic (exact) mass is 184 g/mol. The summed E-state index contributed by atoms with van der Waals surface area (Å²) in [7, 11) is 0. The highest BCUT2D eigenvalue weighted by Crippen LogP contribution is 2.12. The smallest absolute Gasteiger partial charge is 0.132 e. The molecule has 0 heterocycles. The van der Waals surface area contributed by atoms with Gasteiger partial charge in [-0.15, -0.1) is 0 Å². The maximum Gasteiger partial charge on any atom is 0.132 e. The minimum absolute atomic E-state index is 0.453. The van der Waals surface area contributed by atoms with Gasteiger partial charge in [-0.25, -0.2) is 0 Å². The molecule has 0 saturated heterocycles. The van der Waals surface area contributed by atoms with Crippen LogP contribution in [0.25, 0.3) is 0 Å². The molecule has 0 fully saturated rings. The van der Waals surface area contributed by atoms with Crippen molar-refractivity contribution in [2.45, 2.75) is 59.8 Å². The topological polar surface area (TPSA) is 17.1 Å². The fourth-order valence-corrected chi connectivity index (χ4v) is 1.19. The lowest BCUT2D eigenvalue weighted by Gasteiger charge is -2.07. The van der Waals surface area contributed by atoms with Crippen molar-refractivity contribution in [1.82, 2.24) is 0 Å². The molecule has 0 aliphatic heterocycles. The molecule has 1 atom stereocenters. The zero-order chi connectivity index (χ0) is 10.3. The van der Waals surface area contributed by atoms with E-state index in [1.807, 2.05) is 0 Å². The third kappa shape index (κ3) is 8.01. The van der Waals surface area contributed by atoms with Crippen LogP contribution in [0.15, 0.2) is 0 Å². The lowest BCUT2D eigenvalue weighted by atomic mass is 9.98. The molecular formula is C12H24O. The van der Waals surface area contributed by atoms with E-state index in [1.54, 1.807) is 0 Å². The summed E-state index contributed by atoms with van der Waals surface area (Å²) in [5, 5.41) is 0. The fourth-order valence-electron chi connectivity index (χ4n) is 1.19. The largest absolute Gasteiger partial charge is 0.300 e. The second kappa shape index (κ2) is 7.11. The van der Waals surface area contributed by atoms with E-state index in [2.05, 4.69) is 27.7 Å². The van der Waals surface area contributed by atoms with E-state index in [0.717, 1.165) is 25.7 Å². The van der Waals surface area contributed by atoms with E-state index in [9.17, 15) is 4.79 Å². The normalized spacial score (nSPS) is 13.3. The Morgan fingerprint density at radius 3 is 2.08 bits per heavy atom. The second-order valence-electron chi connectivity index (χ2n) is 4.52. The first-order valence-electron chi connectivity index (χ1n) is 5.58. The van der Waals surface area contributed by atoms with Crippen LogP contribution in [-0.4, -0.2) is 5.78 Å². The molecule has 0 aromatic heterocycles. The molecule has 1 unspecified atom stereocenters. The van der Waals surface area contributed by atoms with E-state index in [0.29, 0.717) is 17.6 Å². The average Bonchev–Trinajstić information content (AvgIpc) is 2.10. The Morgan fingerprint density at radius 2 is 1.62 bits per heavy atom. The second-order valence-corrected chi connectivity index (χ2v) is 4.52. The first kappa shape index (κ1) is 12.7. The minimum atomic E-state index is 0.453. The van der Waals surface area contributed by atoms with Crippen molar-refractivity contribution in [1.29, 1.82) is 0 Å². The van der Waals surface area contributed by atoms with Crippen molar-refractivity contribution in [2.24, 2.45) is 11.8 Å². The number of carbonyl (C=O) groups is 1. The Labute approximate surface area is 82.9 Å². The standard InChI is InChI=1S/C12H24O/c1-5-11(4)7-9-12(13)8-6-10(2)3/h10-11H,5-9H2,1-4H3. The Bertz CT molecular complexity index is 138. The van der Waals surface area contributed by atoms with Crippen LogP contribution in [0, 0.1) is 11.8 Å². The van der Waals surface area contributed by atoms with Gasteiger partial charge in [-0.2, -0.15) is 0 Å². The summed E-state index contributed by atoms with van der Waals surface area (Å²) >= 11 is 0. The molecule has 0 N–H and O–H groups in total. The molecule has 0 saturated carbocycles. The van der Waals surface area contributed by atoms with Crippen molar-refractivity contribution in [3.63, 3.8) is 0 Å². The maximum atomic E-state index is 11.4. The van der Waals surface area contributed by atoms with Gasteiger partial charge >= 0.3 is 0 Å². The van der Waals surface area contributed by atoms with E-state index >= 15 is 0 Å². The number of hydrogen-bond donors (Lipinski definition) is 0. The lowest BCUT2D eigenvalue weighted by Crippen LogP contribution is -2.03. The summed E-state index contributed by atoms with van der Waals surface area (Å²) in [5.74, 6) is 1.82. The van der Waals surface area contributed by atoms with Gasteiger partial charge in [0.25, 0.3) is 0 Å². The van der Waals surface area contributed by atoms with Crippen LogP contribution >= 0.6 is 0 Å². The molecule has 0 spiro atoms. The van der Waals surface area contributed by atoms with Crippen LogP contribution in [0.4, 0.5) is 0 Å². The highest BCUT2D eigenvalue weighted by Gasteiger charge is 2.06. The van der Waals surface area contributed by atoms with Gasteiger partial charge < -0.3 is 0 Å². The maximum absolute atomic E-state index is 11.4. The van der Waals surface area contributed by atoms with Crippen LogP contribution in [0.1, 0.15) is 59.8 Å². The first-order valence-corrected chi connectivity index (χ1v) is 5.58. The predicted octanol–water partition coefficient (Wildman–Crippen LogP) is 3.82. The quantitative estimate of drug-likeness (QED) is 0.588. The number of Topliss-reactive ketones (excluding diaryl/α,β-unsaturated/α-hetero) is 1. The third-order valence-corrected chi connectivity index (χ3v) is 2.61. The molecule has 1 heteroatoms. The van der Waals surface area contributed by atoms with Crippen molar-refractivity contribution in [3.05, 3.63) is 0 Å². The van der Waals surface area contributed by atoms with Crippen molar-refractivity contribution in [2.75, 3.05) is 0 Å².